The molecule has 0 fully saturated rings. The zero-order valence-electron chi connectivity index (χ0n) is 24.2. The number of benzene rings is 2. The van der Waals surface area contributed by atoms with Gasteiger partial charge >= 0.3 is 0 Å². The highest BCUT2D eigenvalue weighted by atomic mass is 35.5. The van der Waals surface area contributed by atoms with Gasteiger partial charge in [-0.25, -0.2) is 13.4 Å². The normalized spacial score (nSPS) is 11.2. The molecule has 1 heterocycles. The molecule has 0 aliphatic rings. The van der Waals surface area contributed by atoms with Gasteiger partial charge in [0.15, 0.2) is 5.82 Å². The summed E-state index contributed by atoms with van der Waals surface area (Å²) in [5.74, 6) is 0.436. The van der Waals surface area contributed by atoms with Crippen LogP contribution in [0.4, 0.5) is 40.2 Å². The van der Waals surface area contributed by atoms with Crippen molar-refractivity contribution in [3.05, 3.63) is 59.2 Å². The van der Waals surface area contributed by atoms with Gasteiger partial charge in [0.2, 0.25) is 21.9 Å². The van der Waals surface area contributed by atoms with E-state index in [1.807, 2.05) is 26.0 Å². The van der Waals surface area contributed by atoms with E-state index < -0.39 is 10.0 Å². The summed E-state index contributed by atoms with van der Waals surface area (Å²) in [6.45, 7) is 5.02. The number of nitrogens with zero attached hydrogens (tertiary/aromatic N) is 5. The molecule has 0 radical (unpaired) electrons. The lowest BCUT2D eigenvalue weighted by molar-refractivity contribution is -0.111. The van der Waals surface area contributed by atoms with E-state index in [2.05, 4.69) is 37.4 Å². The molecule has 0 saturated heterocycles. The predicted molar refractivity (Wildman–Crippen MR) is 172 cm³/mol. The summed E-state index contributed by atoms with van der Waals surface area (Å²) in [5.41, 5.74) is 2.31. The molecule has 15 heteroatoms. The lowest BCUT2D eigenvalue weighted by atomic mass is 10.2. The Morgan fingerprint density at radius 2 is 1.76 bits per heavy atom. The topological polar surface area (TPSA) is 132 Å². The summed E-state index contributed by atoms with van der Waals surface area (Å²) >= 11 is 12.8. The van der Waals surface area contributed by atoms with Crippen molar-refractivity contribution in [1.82, 2.24) is 14.9 Å². The Bertz CT molecular complexity index is 1570. The fourth-order valence-corrected chi connectivity index (χ4v) is 4.79. The molecule has 1 aromatic heterocycles. The lowest BCUT2D eigenvalue weighted by Gasteiger charge is -2.26. The standard InChI is InChI=1S/C27H34Cl2N8O4S/c1-8-24(38)31-20-14-21(23(41-6)15-22(20)36(4)13-12-35(2)3)33-27-30-16-18(29)26(34-27)32-19-11-9-10-17(28)25(19)37(5)42(7,39)40/h8-11,14-16H,1,12-13H2,2-7H3,(H,31,38)(H2,30,32,33,34). The summed E-state index contributed by atoms with van der Waals surface area (Å²) < 4.78 is 31.2. The highest BCUT2D eigenvalue weighted by Crippen LogP contribution is 2.39. The summed E-state index contributed by atoms with van der Waals surface area (Å²) in [6.07, 6.45) is 3.65. The first-order valence-electron chi connectivity index (χ1n) is 12.6. The van der Waals surface area contributed by atoms with Crippen molar-refractivity contribution < 1.29 is 17.9 Å². The number of methoxy groups -OCH3 is 1. The molecule has 3 N–H and O–H groups in total. The number of carbonyl (C=O) groups excluding carboxylic acids is 1. The van der Waals surface area contributed by atoms with Crippen LogP contribution in [0.1, 0.15) is 0 Å². The number of sulfonamides is 1. The average Bonchev–Trinajstić information content (AvgIpc) is 2.92. The van der Waals surface area contributed by atoms with Gasteiger partial charge in [-0.15, -0.1) is 0 Å². The molecule has 0 atom stereocenters. The molecular formula is C27H34Cl2N8O4S. The molecule has 0 unspecified atom stereocenters. The zero-order chi connectivity index (χ0) is 31.2. The number of nitrogens with one attached hydrogen (secondary N) is 3. The van der Waals surface area contributed by atoms with Crippen LogP contribution in [0.2, 0.25) is 10.0 Å². The zero-order valence-corrected chi connectivity index (χ0v) is 26.5. The van der Waals surface area contributed by atoms with Gasteiger partial charge in [0, 0.05) is 33.3 Å². The molecule has 0 bridgehead atoms. The first-order valence-corrected chi connectivity index (χ1v) is 15.2. The van der Waals surface area contributed by atoms with E-state index in [4.69, 9.17) is 27.9 Å². The number of aromatic nitrogens is 2. The van der Waals surface area contributed by atoms with Crippen LogP contribution in [-0.2, 0) is 14.8 Å². The Morgan fingerprint density at radius 1 is 1.05 bits per heavy atom. The van der Waals surface area contributed by atoms with Crippen molar-refractivity contribution in [3.8, 4) is 5.75 Å². The summed E-state index contributed by atoms with van der Waals surface area (Å²) in [4.78, 5) is 25.1. The molecule has 2 aromatic carbocycles. The first kappa shape index (κ1) is 32.7. The van der Waals surface area contributed by atoms with Crippen molar-refractivity contribution in [2.75, 3.05) is 79.8 Å². The minimum absolute atomic E-state index is 0.148. The quantitative estimate of drug-likeness (QED) is 0.225. The second-order valence-electron chi connectivity index (χ2n) is 9.49. The van der Waals surface area contributed by atoms with E-state index in [9.17, 15) is 13.2 Å². The second-order valence-corrected chi connectivity index (χ2v) is 12.3. The van der Waals surface area contributed by atoms with Gasteiger partial charge in [-0.3, -0.25) is 9.10 Å². The minimum Gasteiger partial charge on any atom is -0.494 e. The van der Waals surface area contributed by atoms with Gasteiger partial charge < -0.3 is 30.5 Å². The maximum Gasteiger partial charge on any atom is 0.247 e. The van der Waals surface area contributed by atoms with Crippen molar-refractivity contribution >= 4 is 79.3 Å². The highest BCUT2D eigenvalue weighted by Gasteiger charge is 2.21. The Labute approximate surface area is 256 Å². The number of anilines is 7. The number of ether oxygens (including phenoxy) is 1. The Morgan fingerprint density at radius 3 is 2.38 bits per heavy atom. The number of para-hydroxylation sites is 1. The van der Waals surface area contributed by atoms with Crippen LogP contribution in [0.3, 0.4) is 0 Å². The van der Waals surface area contributed by atoms with Crippen LogP contribution in [0.15, 0.2) is 49.2 Å². The Balaban J connectivity index is 2.01. The summed E-state index contributed by atoms with van der Waals surface area (Å²) in [6, 6.07) is 8.40. The van der Waals surface area contributed by atoms with Crippen LogP contribution in [-0.4, -0.2) is 83.8 Å². The van der Waals surface area contributed by atoms with E-state index in [0.29, 0.717) is 29.4 Å². The van der Waals surface area contributed by atoms with Gasteiger partial charge in [-0.2, -0.15) is 4.98 Å². The van der Waals surface area contributed by atoms with Gasteiger partial charge in [0.1, 0.15) is 10.8 Å². The number of hydrogen-bond acceptors (Lipinski definition) is 10. The van der Waals surface area contributed by atoms with Crippen LogP contribution < -0.4 is 29.9 Å². The second kappa shape index (κ2) is 13.9. The van der Waals surface area contributed by atoms with Crippen molar-refractivity contribution in [2.24, 2.45) is 0 Å². The maximum absolute atomic E-state index is 12.3. The third kappa shape index (κ3) is 8.16. The minimum atomic E-state index is -3.62. The maximum atomic E-state index is 12.3. The molecule has 0 spiro atoms. The van der Waals surface area contributed by atoms with Crippen LogP contribution in [0.5, 0.6) is 5.75 Å². The predicted octanol–water partition coefficient (Wildman–Crippen LogP) is 4.80. The summed E-state index contributed by atoms with van der Waals surface area (Å²) in [5, 5.41) is 9.41. The fourth-order valence-electron chi connectivity index (χ4n) is 3.77. The lowest BCUT2D eigenvalue weighted by Crippen LogP contribution is -2.29. The monoisotopic (exact) mass is 636 g/mol. The third-order valence-corrected chi connectivity index (χ3v) is 7.86. The number of hydrogen-bond donors (Lipinski definition) is 3. The Hall–Kier alpha value is -3.78. The van der Waals surface area contributed by atoms with Crippen LogP contribution in [0, 0.1) is 0 Å². The molecule has 0 aliphatic carbocycles. The molecule has 3 rings (SSSR count). The summed E-state index contributed by atoms with van der Waals surface area (Å²) in [7, 11) is 5.18. The van der Waals surface area contributed by atoms with Crippen LogP contribution in [0.25, 0.3) is 0 Å². The van der Waals surface area contributed by atoms with E-state index >= 15 is 0 Å². The van der Waals surface area contributed by atoms with Crippen molar-refractivity contribution in [1.29, 1.82) is 0 Å². The molecular weight excluding hydrogens is 603 g/mol. The van der Waals surface area contributed by atoms with E-state index in [-0.39, 0.29) is 33.4 Å². The molecule has 3 aromatic rings. The third-order valence-electron chi connectivity index (χ3n) is 6.10. The molecule has 0 saturated carbocycles. The Kier molecular flexibility index (Phi) is 10.9. The molecule has 12 nitrogen and oxygen atoms in total. The van der Waals surface area contributed by atoms with E-state index in [1.54, 1.807) is 30.3 Å². The smallest absolute Gasteiger partial charge is 0.247 e. The fraction of sp³-hybridized carbons (Fsp3) is 0.296. The molecule has 0 aliphatic heterocycles. The van der Waals surface area contributed by atoms with Crippen LogP contribution >= 0.6 is 23.2 Å². The first-order chi connectivity index (χ1) is 19.7. The molecule has 226 valence electrons. The van der Waals surface area contributed by atoms with E-state index in [0.717, 1.165) is 22.8 Å². The number of carbonyl (C=O) groups is 1. The number of halogens is 2. The number of amides is 1. The SMILES string of the molecule is C=CC(=O)Nc1cc(Nc2ncc(Cl)c(Nc3cccc(Cl)c3N(C)S(C)(=O)=O)n2)c(OC)cc1N(C)CCN(C)C. The van der Waals surface area contributed by atoms with E-state index in [1.165, 1.54) is 26.4 Å². The average molecular weight is 638 g/mol. The van der Waals surface area contributed by atoms with Gasteiger partial charge in [0.05, 0.1) is 53.0 Å². The van der Waals surface area contributed by atoms with Gasteiger partial charge in [-0.1, -0.05) is 35.8 Å². The van der Waals surface area contributed by atoms with Crippen molar-refractivity contribution in [2.45, 2.75) is 0 Å². The van der Waals surface area contributed by atoms with Gasteiger partial charge in [0.25, 0.3) is 0 Å². The highest BCUT2D eigenvalue weighted by molar-refractivity contribution is 7.92. The van der Waals surface area contributed by atoms with Crippen molar-refractivity contribution in [3.63, 3.8) is 0 Å². The van der Waals surface area contributed by atoms with Gasteiger partial charge in [-0.05, 0) is 38.4 Å². The molecule has 42 heavy (non-hydrogen) atoms. The molecule has 1 amide bonds. The number of rotatable bonds is 13. The largest absolute Gasteiger partial charge is 0.494 e. The number of likely N-dealkylation sites (N-methyl/N-ethyl adjacent to an activating group) is 2.